The van der Waals surface area contributed by atoms with Crippen molar-refractivity contribution < 1.29 is 23.8 Å². The van der Waals surface area contributed by atoms with Gasteiger partial charge in [0.2, 0.25) is 11.8 Å². The van der Waals surface area contributed by atoms with Crippen LogP contribution in [0.15, 0.2) is 48.5 Å². The van der Waals surface area contributed by atoms with Crippen LogP contribution in [-0.2, 0) is 9.59 Å². The van der Waals surface area contributed by atoms with Crippen LogP contribution in [0.4, 0.5) is 5.69 Å². The van der Waals surface area contributed by atoms with Crippen molar-refractivity contribution in [2.24, 2.45) is 0 Å². The maximum absolute atomic E-state index is 12.3. The van der Waals surface area contributed by atoms with Crippen molar-refractivity contribution in [3.63, 3.8) is 0 Å². The molecule has 2 aromatic carbocycles. The van der Waals surface area contributed by atoms with Gasteiger partial charge >= 0.3 is 0 Å². The van der Waals surface area contributed by atoms with Gasteiger partial charge < -0.3 is 24.4 Å². The summed E-state index contributed by atoms with van der Waals surface area (Å²) in [6.45, 7) is 1.91. The largest absolute Gasteiger partial charge is 0.497 e. The van der Waals surface area contributed by atoms with Crippen LogP contribution in [0.1, 0.15) is 6.92 Å². The number of benzene rings is 2. The summed E-state index contributed by atoms with van der Waals surface area (Å²) in [7, 11) is 3.13. The molecule has 2 aromatic rings. The van der Waals surface area contributed by atoms with Crippen molar-refractivity contribution in [3.8, 4) is 17.2 Å². The summed E-state index contributed by atoms with van der Waals surface area (Å²) in [4.78, 5) is 25.5. The number of rotatable bonds is 9. The minimum absolute atomic E-state index is 0.0701. The monoisotopic (exact) mass is 372 g/mol. The number of hydrogen-bond acceptors (Lipinski definition) is 5. The summed E-state index contributed by atoms with van der Waals surface area (Å²) in [6, 6.07) is 14.2. The predicted molar refractivity (Wildman–Crippen MR) is 102 cm³/mol. The summed E-state index contributed by atoms with van der Waals surface area (Å²) < 4.78 is 15.9. The molecule has 0 saturated heterocycles. The number of nitrogens with one attached hydrogen (secondary N) is 1. The Hall–Kier alpha value is -3.22. The van der Waals surface area contributed by atoms with Crippen LogP contribution >= 0.6 is 0 Å². The van der Waals surface area contributed by atoms with E-state index in [0.717, 1.165) is 5.75 Å². The molecule has 0 radical (unpaired) electrons. The Labute approximate surface area is 158 Å². The van der Waals surface area contributed by atoms with Gasteiger partial charge in [-0.3, -0.25) is 9.59 Å². The number of amides is 2. The number of para-hydroxylation sites is 2. The normalized spacial score (nSPS) is 10.0. The second-order valence-corrected chi connectivity index (χ2v) is 5.71. The molecule has 0 saturated carbocycles. The fraction of sp³-hybridized carbons (Fsp3) is 0.300. The van der Waals surface area contributed by atoms with Crippen LogP contribution in [0.25, 0.3) is 0 Å². The highest BCUT2D eigenvalue weighted by Crippen LogP contribution is 2.22. The Morgan fingerprint density at radius 3 is 2.26 bits per heavy atom. The molecule has 144 valence electrons. The second-order valence-electron chi connectivity index (χ2n) is 5.71. The molecule has 0 aliphatic rings. The van der Waals surface area contributed by atoms with Crippen molar-refractivity contribution in [2.45, 2.75) is 6.92 Å². The smallest absolute Gasteiger partial charge is 0.244 e. The first-order valence-corrected chi connectivity index (χ1v) is 8.48. The van der Waals surface area contributed by atoms with Crippen LogP contribution in [0, 0.1) is 0 Å². The Bertz CT molecular complexity index is 761. The highest BCUT2D eigenvalue weighted by molar-refractivity contribution is 5.95. The zero-order valence-electron chi connectivity index (χ0n) is 15.7. The molecule has 7 heteroatoms. The van der Waals surface area contributed by atoms with Crippen LogP contribution in [0.5, 0.6) is 17.2 Å². The minimum atomic E-state index is -0.306. The summed E-state index contributed by atoms with van der Waals surface area (Å²) >= 11 is 0. The van der Waals surface area contributed by atoms with E-state index in [2.05, 4.69) is 5.32 Å². The van der Waals surface area contributed by atoms with E-state index in [0.29, 0.717) is 23.7 Å². The molecule has 0 aliphatic carbocycles. The third kappa shape index (κ3) is 6.22. The number of methoxy groups -OCH3 is 2. The van der Waals surface area contributed by atoms with Gasteiger partial charge in [-0.25, -0.2) is 0 Å². The van der Waals surface area contributed by atoms with E-state index in [1.165, 1.54) is 18.9 Å². The van der Waals surface area contributed by atoms with Crippen LogP contribution < -0.4 is 19.5 Å². The summed E-state index contributed by atoms with van der Waals surface area (Å²) in [6.07, 6.45) is 0. The molecule has 1 N–H and O–H groups in total. The van der Waals surface area contributed by atoms with Gasteiger partial charge in [-0.15, -0.1) is 0 Å². The molecule has 0 unspecified atom stereocenters. The highest BCUT2D eigenvalue weighted by Gasteiger charge is 2.15. The van der Waals surface area contributed by atoms with Crippen molar-refractivity contribution >= 4 is 17.5 Å². The lowest BCUT2D eigenvalue weighted by molar-refractivity contribution is -0.133. The molecule has 7 nitrogen and oxygen atoms in total. The second kappa shape index (κ2) is 10.1. The number of carbonyl (C=O) groups is 2. The first-order valence-electron chi connectivity index (χ1n) is 8.48. The molecule has 0 atom stereocenters. The van der Waals surface area contributed by atoms with E-state index < -0.39 is 0 Å². The quantitative estimate of drug-likeness (QED) is 0.732. The zero-order valence-corrected chi connectivity index (χ0v) is 15.7. The van der Waals surface area contributed by atoms with E-state index in [1.54, 1.807) is 49.6 Å². The average molecular weight is 372 g/mol. The van der Waals surface area contributed by atoms with Gasteiger partial charge in [0.15, 0.2) is 0 Å². The van der Waals surface area contributed by atoms with E-state index in [1.807, 2.05) is 6.07 Å². The number of ether oxygens (including phenoxy) is 3. The lowest BCUT2D eigenvalue weighted by Gasteiger charge is -2.21. The molecule has 0 aromatic heterocycles. The first kappa shape index (κ1) is 20.1. The first-order chi connectivity index (χ1) is 13.0. The van der Waals surface area contributed by atoms with E-state index in [9.17, 15) is 9.59 Å². The molecule has 2 amide bonds. The molecule has 0 bridgehead atoms. The van der Waals surface area contributed by atoms with Crippen molar-refractivity contribution in [1.29, 1.82) is 0 Å². The lowest BCUT2D eigenvalue weighted by Crippen LogP contribution is -2.39. The molecule has 27 heavy (non-hydrogen) atoms. The van der Waals surface area contributed by atoms with Gasteiger partial charge in [0, 0.05) is 6.92 Å². The standard InChI is InChI=1S/C20H24N2O5/c1-15(23)22(12-13-27-17-10-8-16(25-2)9-11-17)14-20(24)21-18-6-4-5-7-19(18)26-3/h4-11H,12-14H2,1-3H3,(H,21,24). The lowest BCUT2D eigenvalue weighted by atomic mass is 10.3. The van der Waals surface area contributed by atoms with Crippen LogP contribution in [-0.4, -0.2) is 50.6 Å². The van der Waals surface area contributed by atoms with E-state index in [-0.39, 0.29) is 25.0 Å². The van der Waals surface area contributed by atoms with Crippen LogP contribution in [0.3, 0.4) is 0 Å². The van der Waals surface area contributed by atoms with E-state index in [4.69, 9.17) is 14.2 Å². The average Bonchev–Trinajstić information content (AvgIpc) is 2.68. The molecule has 0 fully saturated rings. The fourth-order valence-corrected chi connectivity index (χ4v) is 2.40. The summed E-state index contributed by atoms with van der Waals surface area (Å²) in [5.74, 6) is 1.45. The number of anilines is 1. The number of nitrogens with zero attached hydrogens (tertiary/aromatic N) is 1. The Morgan fingerprint density at radius 2 is 1.63 bits per heavy atom. The maximum atomic E-state index is 12.3. The van der Waals surface area contributed by atoms with Gasteiger partial charge in [0.1, 0.15) is 23.9 Å². The van der Waals surface area contributed by atoms with Crippen molar-refractivity contribution in [1.82, 2.24) is 4.90 Å². The maximum Gasteiger partial charge on any atom is 0.244 e. The Morgan fingerprint density at radius 1 is 0.963 bits per heavy atom. The van der Waals surface area contributed by atoms with Gasteiger partial charge in [-0.1, -0.05) is 12.1 Å². The zero-order chi connectivity index (χ0) is 19.6. The Balaban J connectivity index is 1.86. The van der Waals surface area contributed by atoms with Gasteiger partial charge in [-0.2, -0.15) is 0 Å². The minimum Gasteiger partial charge on any atom is -0.497 e. The van der Waals surface area contributed by atoms with Gasteiger partial charge in [0.25, 0.3) is 0 Å². The molecule has 0 spiro atoms. The fourth-order valence-electron chi connectivity index (χ4n) is 2.40. The van der Waals surface area contributed by atoms with Crippen molar-refractivity contribution in [2.75, 3.05) is 39.2 Å². The van der Waals surface area contributed by atoms with E-state index >= 15 is 0 Å². The van der Waals surface area contributed by atoms with Crippen molar-refractivity contribution in [3.05, 3.63) is 48.5 Å². The predicted octanol–water partition coefficient (Wildman–Crippen LogP) is 2.57. The molecule has 0 heterocycles. The number of carbonyl (C=O) groups excluding carboxylic acids is 2. The third-order valence-corrected chi connectivity index (χ3v) is 3.85. The Kier molecular flexibility index (Phi) is 7.49. The van der Waals surface area contributed by atoms with Gasteiger partial charge in [-0.05, 0) is 36.4 Å². The highest BCUT2D eigenvalue weighted by atomic mass is 16.5. The molecule has 0 aliphatic heterocycles. The van der Waals surface area contributed by atoms with Crippen LogP contribution in [0.2, 0.25) is 0 Å². The molecular weight excluding hydrogens is 348 g/mol. The number of hydrogen-bond donors (Lipinski definition) is 1. The summed E-state index contributed by atoms with van der Waals surface area (Å²) in [5.41, 5.74) is 0.558. The third-order valence-electron chi connectivity index (χ3n) is 3.85. The van der Waals surface area contributed by atoms with Gasteiger partial charge in [0.05, 0.1) is 33.0 Å². The SMILES string of the molecule is COc1ccc(OCCN(CC(=O)Nc2ccccc2OC)C(C)=O)cc1. The summed E-state index contributed by atoms with van der Waals surface area (Å²) in [5, 5.41) is 2.76. The molecular formula is C20H24N2O5. The molecule has 2 rings (SSSR count). The topological polar surface area (TPSA) is 77.1 Å².